The highest BCUT2D eigenvalue weighted by Crippen LogP contribution is 2.31. The van der Waals surface area contributed by atoms with Gasteiger partial charge in [-0.05, 0) is 49.2 Å². The van der Waals surface area contributed by atoms with Crippen LogP contribution in [0.15, 0.2) is 78.9 Å². The molecule has 1 aliphatic rings. The average molecular weight is 454 g/mol. The summed E-state index contributed by atoms with van der Waals surface area (Å²) in [5.74, 6) is -0.314. The van der Waals surface area contributed by atoms with E-state index in [1.54, 1.807) is 36.4 Å². The van der Waals surface area contributed by atoms with Crippen molar-refractivity contribution >= 4 is 28.9 Å². The molecular weight excluding hydrogens is 430 g/mol. The largest absolute Gasteiger partial charge is 0.344 e. The number of carbonyl (C=O) groups is 3. The van der Waals surface area contributed by atoms with Crippen molar-refractivity contribution in [3.05, 3.63) is 95.8 Å². The Morgan fingerprint density at radius 3 is 2.35 bits per heavy atom. The Morgan fingerprint density at radius 1 is 1.00 bits per heavy atom. The summed E-state index contributed by atoms with van der Waals surface area (Å²) in [4.78, 5) is 43.6. The van der Waals surface area contributed by atoms with Crippen LogP contribution in [0.25, 0.3) is 16.7 Å². The lowest BCUT2D eigenvalue weighted by atomic mass is 9.87. The zero-order valence-corrected chi connectivity index (χ0v) is 18.8. The molecule has 1 aromatic heterocycles. The molecule has 8 nitrogen and oxygen atoms in total. The standard InChI is InChI=1S/C26H23N5O3/c1-3-26(19-10-6-4-7-11-19)24(33)31(25(34)28-26)29-23(32)18-14-15-22-21(16-18)27-17(2)30(22)20-12-8-5-9-13-20/h4-16H,3H2,1-2H3,(H,28,34)(H,29,32)/t26-/m1/s1. The van der Waals surface area contributed by atoms with E-state index in [9.17, 15) is 14.4 Å². The summed E-state index contributed by atoms with van der Waals surface area (Å²) in [5.41, 5.74) is 4.66. The van der Waals surface area contributed by atoms with Gasteiger partial charge < -0.3 is 5.32 Å². The van der Waals surface area contributed by atoms with Gasteiger partial charge in [0.1, 0.15) is 11.4 Å². The summed E-state index contributed by atoms with van der Waals surface area (Å²) in [7, 11) is 0. The fraction of sp³-hybridized carbons (Fsp3) is 0.154. The number of imidazole rings is 1. The first kappa shape index (κ1) is 21.4. The summed E-state index contributed by atoms with van der Waals surface area (Å²) in [6.07, 6.45) is 0.343. The van der Waals surface area contributed by atoms with Gasteiger partial charge in [-0.1, -0.05) is 55.5 Å². The smallest absolute Gasteiger partial charge is 0.318 e. The molecule has 170 valence electrons. The lowest BCUT2D eigenvalue weighted by molar-refractivity contribution is -0.133. The second-order valence-corrected chi connectivity index (χ2v) is 8.17. The Kier molecular flexibility index (Phi) is 5.13. The minimum Gasteiger partial charge on any atom is -0.318 e. The monoisotopic (exact) mass is 453 g/mol. The van der Waals surface area contributed by atoms with Crippen LogP contribution in [-0.2, 0) is 10.3 Å². The van der Waals surface area contributed by atoms with Gasteiger partial charge in [0.15, 0.2) is 0 Å². The van der Waals surface area contributed by atoms with Crippen molar-refractivity contribution in [2.75, 3.05) is 0 Å². The Balaban J connectivity index is 1.43. The van der Waals surface area contributed by atoms with Gasteiger partial charge in [-0.25, -0.2) is 9.78 Å². The molecule has 34 heavy (non-hydrogen) atoms. The number of para-hydroxylation sites is 1. The number of rotatable bonds is 5. The second-order valence-electron chi connectivity index (χ2n) is 8.17. The van der Waals surface area contributed by atoms with Crippen molar-refractivity contribution in [2.45, 2.75) is 25.8 Å². The molecule has 1 aliphatic heterocycles. The molecule has 0 unspecified atom stereocenters. The zero-order chi connectivity index (χ0) is 23.9. The third kappa shape index (κ3) is 3.31. The van der Waals surface area contributed by atoms with Crippen LogP contribution in [0.4, 0.5) is 4.79 Å². The van der Waals surface area contributed by atoms with Crippen LogP contribution in [0.3, 0.4) is 0 Å². The molecular formula is C26H23N5O3. The molecule has 0 aliphatic carbocycles. The number of aromatic nitrogens is 2. The third-order valence-corrected chi connectivity index (χ3v) is 6.20. The number of nitrogens with zero attached hydrogens (tertiary/aromatic N) is 3. The maximum absolute atomic E-state index is 13.3. The predicted molar refractivity (Wildman–Crippen MR) is 127 cm³/mol. The number of imide groups is 1. The number of hydrogen-bond acceptors (Lipinski definition) is 4. The molecule has 0 spiro atoms. The van der Waals surface area contributed by atoms with E-state index in [1.165, 1.54) is 0 Å². The first-order valence-corrected chi connectivity index (χ1v) is 11.0. The van der Waals surface area contributed by atoms with Gasteiger partial charge in [0.05, 0.1) is 11.0 Å². The topological polar surface area (TPSA) is 96.3 Å². The quantitative estimate of drug-likeness (QED) is 0.449. The highest BCUT2D eigenvalue weighted by atomic mass is 16.2. The summed E-state index contributed by atoms with van der Waals surface area (Å²) < 4.78 is 2.00. The Labute approximate surface area is 196 Å². The number of aryl methyl sites for hydroxylation is 1. The zero-order valence-electron chi connectivity index (χ0n) is 18.8. The highest BCUT2D eigenvalue weighted by Gasteiger charge is 2.52. The van der Waals surface area contributed by atoms with Crippen molar-refractivity contribution in [3.8, 4) is 5.69 Å². The van der Waals surface area contributed by atoms with Crippen LogP contribution in [0.1, 0.15) is 35.1 Å². The molecule has 2 heterocycles. The van der Waals surface area contributed by atoms with Crippen LogP contribution in [0, 0.1) is 6.92 Å². The van der Waals surface area contributed by atoms with Crippen LogP contribution in [-0.4, -0.2) is 32.4 Å². The molecule has 1 atom stereocenters. The molecule has 0 saturated carbocycles. The van der Waals surface area contributed by atoms with E-state index in [0.29, 0.717) is 23.1 Å². The molecule has 1 saturated heterocycles. The highest BCUT2D eigenvalue weighted by molar-refractivity contribution is 6.09. The van der Waals surface area contributed by atoms with Gasteiger partial charge >= 0.3 is 6.03 Å². The second kappa shape index (κ2) is 8.15. The van der Waals surface area contributed by atoms with E-state index in [1.807, 2.05) is 60.9 Å². The molecule has 3 aromatic carbocycles. The fourth-order valence-electron chi connectivity index (χ4n) is 4.45. The van der Waals surface area contributed by atoms with Gasteiger partial charge in [0.25, 0.3) is 11.8 Å². The van der Waals surface area contributed by atoms with E-state index in [-0.39, 0.29) is 0 Å². The van der Waals surface area contributed by atoms with Crippen molar-refractivity contribution < 1.29 is 14.4 Å². The van der Waals surface area contributed by atoms with Gasteiger partial charge in [-0.15, -0.1) is 0 Å². The van der Waals surface area contributed by atoms with Crippen LogP contribution in [0.2, 0.25) is 0 Å². The number of amides is 4. The number of urea groups is 1. The van der Waals surface area contributed by atoms with E-state index in [4.69, 9.17) is 0 Å². The minimum absolute atomic E-state index is 0.291. The average Bonchev–Trinajstić information content (AvgIpc) is 3.32. The molecule has 4 aromatic rings. The van der Waals surface area contributed by atoms with Crippen molar-refractivity contribution in [1.29, 1.82) is 0 Å². The minimum atomic E-state index is -1.22. The maximum atomic E-state index is 13.3. The first-order valence-electron chi connectivity index (χ1n) is 11.0. The predicted octanol–water partition coefficient (Wildman–Crippen LogP) is 3.84. The van der Waals surface area contributed by atoms with Crippen LogP contribution < -0.4 is 10.7 Å². The van der Waals surface area contributed by atoms with Crippen molar-refractivity contribution in [1.82, 2.24) is 25.3 Å². The number of benzene rings is 3. The lowest BCUT2D eigenvalue weighted by Crippen LogP contribution is -2.48. The van der Waals surface area contributed by atoms with Crippen LogP contribution in [0.5, 0.6) is 0 Å². The number of hydrogen-bond donors (Lipinski definition) is 2. The lowest BCUT2D eigenvalue weighted by Gasteiger charge is -2.25. The fourth-order valence-corrected chi connectivity index (χ4v) is 4.45. The Hall–Kier alpha value is -4.46. The van der Waals surface area contributed by atoms with Crippen molar-refractivity contribution in [3.63, 3.8) is 0 Å². The molecule has 8 heteroatoms. The van der Waals surface area contributed by atoms with Crippen molar-refractivity contribution in [2.24, 2.45) is 0 Å². The van der Waals surface area contributed by atoms with Gasteiger partial charge in [0, 0.05) is 11.3 Å². The van der Waals surface area contributed by atoms with E-state index in [2.05, 4.69) is 15.7 Å². The number of hydrazine groups is 1. The number of fused-ring (bicyclic) bond motifs is 1. The van der Waals surface area contributed by atoms with E-state index >= 15 is 0 Å². The molecule has 0 radical (unpaired) electrons. The number of nitrogens with one attached hydrogen (secondary N) is 2. The molecule has 2 N–H and O–H groups in total. The molecule has 1 fully saturated rings. The van der Waals surface area contributed by atoms with E-state index < -0.39 is 23.4 Å². The Morgan fingerprint density at radius 2 is 1.68 bits per heavy atom. The summed E-state index contributed by atoms with van der Waals surface area (Å²) in [6.45, 7) is 3.71. The van der Waals surface area contributed by atoms with Gasteiger partial charge in [-0.3, -0.25) is 19.6 Å². The maximum Gasteiger partial charge on any atom is 0.344 e. The van der Waals surface area contributed by atoms with Gasteiger partial charge in [-0.2, -0.15) is 5.01 Å². The number of carbonyl (C=O) groups excluding carboxylic acids is 3. The first-order chi connectivity index (χ1) is 16.4. The summed E-state index contributed by atoms with van der Waals surface area (Å²) in [5, 5.41) is 3.52. The summed E-state index contributed by atoms with van der Waals surface area (Å²) in [6, 6.07) is 23.3. The molecule has 0 bridgehead atoms. The normalized spacial score (nSPS) is 17.8. The SMILES string of the molecule is CC[C@]1(c2ccccc2)NC(=O)N(NC(=O)c2ccc3c(c2)nc(C)n3-c2ccccc2)C1=O. The molecule has 5 rings (SSSR count). The van der Waals surface area contributed by atoms with Crippen LogP contribution >= 0.6 is 0 Å². The Bertz CT molecular complexity index is 1410. The van der Waals surface area contributed by atoms with E-state index in [0.717, 1.165) is 22.0 Å². The molecule has 4 amide bonds. The third-order valence-electron chi connectivity index (χ3n) is 6.20. The summed E-state index contributed by atoms with van der Waals surface area (Å²) >= 11 is 0. The van der Waals surface area contributed by atoms with Gasteiger partial charge in [0.2, 0.25) is 0 Å².